The summed E-state index contributed by atoms with van der Waals surface area (Å²) in [7, 11) is 1.79. The Morgan fingerprint density at radius 1 is 1.64 bits per heavy atom. The highest BCUT2D eigenvalue weighted by atomic mass is 32.1. The number of carbonyl (C=O) groups excluding carboxylic acids is 1. The Kier molecular flexibility index (Phi) is 4.10. The van der Waals surface area contributed by atoms with E-state index in [0.29, 0.717) is 13.1 Å². The Morgan fingerprint density at radius 3 is 2.93 bits per heavy atom. The number of carbonyl (C=O) groups is 1. The van der Waals surface area contributed by atoms with Crippen molar-refractivity contribution in [3.05, 3.63) is 21.9 Å². The Labute approximate surface area is 88.5 Å². The second kappa shape index (κ2) is 5.12. The molecule has 1 amide bonds. The quantitative estimate of drug-likeness (QED) is 0.818. The monoisotopic (exact) mass is 212 g/mol. The number of aryl methyl sites for hydroxylation is 1. The molecule has 1 aromatic heterocycles. The van der Waals surface area contributed by atoms with E-state index in [1.807, 2.05) is 11.4 Å². The van der Waals surface area contributed by atoms with Crippen LogP contribution >= 0.6 is 11.3 Å². The molecule has 0 saturated heterocycles. The first-order valence-corrected chi connectivity index (χ1v) is 5.60. The van der Waals surface area contributed by atoms with Gasteiger partial charge in [-0.1, -0.05) is 6.92 Å². The average molecular weight is 212 g/mol. The van der Waals surface area contributed by atoms with Gasteiger partial charge in [0, 0.05) is 20.1 Å². The second-order valence-corrected chi connectivity index (χ2v) is 4.06. The van der Waals surface area contributed by atoms with E-state index >= 15 is 0 Å². The number of likely N-dealkylation sites (N-methyl/N-ethyl adjacent to an activating group) is 1. The van der Waals surface area contributed by atoms with E-state index in [9.17, 15) is 4.79 Å². The molecule has 0 unspecified atom stereocenters. The summed E-state index contributed by atoms with van der Waals surface area (Å²) in [6, 6.07) is 2.01. The third-order valence-corrected chi connectivity index (χ3v) is 3.08. The zero-order chi connectivity index (χ0) is 10.6. The molecule has 0 aliphatic heterocycles. The molecule has 14 heavy (non-hydrogen) atoms. The molecular weight excluding hydrogens is 196 g/mol. The smallest absolute Gasteiger partial charge is 0.263 e. The van der Waals surface area contributed by atoms with E-state index < -0.39 is 0 Å². The van der Waals surface area contributed by atoms with Crippen LogP contribution in [0.15, 0.2) is 11.4 Å². The lowest BCUT2D eigenvalue weighted by Crippen LogP contribution is -2.31. The van der Waals surface area contributed by atoms with Crippen molar-refractivity contribution in [2.45, 2.75) is 13.3 Å². The molecule has 2 N–H and O–H groups in total. The van der Waals surface area contributed by atoms with Gasteiger partial charge >= 0.3 is 0 Å². The van der Waals surface area contributed by atoms with Crippen LogP contribution in [0.1, 0.15) is 22.2 Å². The molecule has 0 aromatic carbocycles. The summed E-state index contributed by atoms with van der Waals surface area (Å²) in [6.07, 6.45) is 0.904. The van der Waals surface area contributed by atoms with Gasteiger partial charge in [0.1, 0.15) is 0 Å². The predicted octanol–water partition coefficient (Wildman–Crippen LogP) is 1.34. The van der Waals surface area contributed by atoms with Crippen molar-refractivity contribution in [1.82, 2.24) is 4.90 Å². The number of nitrogens with zero attached hydrogens (tertiary/aromatic N) is 1. The lowest BCUT2D eigenvalue weighted by molar-refractivity contribution is 0.0803. The number of thiophene rings is 1. The van der Waals surface area contributed by atoms with E-state index in [-0.39, 0.29) is 5.91 Å². The van der Waals surface area contributed by atoms with Gasteiger partial charge in [-0.3, -0.25) is 4.79 Å². The van der Waals surface area contributed by atoms with Crippen molar-refractivity contribution < 1.29 is 4.79 Å². The molecule has 78 valence electrons. The summed E-state index contributed by atoms with van der Waals surface area (Å²) < 4.78 is 0. The molecule has 0 saturated carbocycles. The fourth-order valence-corrected chi connectivity index (χ4v) is 2.26. The first-order chi connectivity index (χ1) is 6.70. The number of nitrogens with two attached hydrogens (primary N) is 1. The fraction of sp³-hybridized carbons (Fsp3) is 0.500. The van der Waals surface area contributed by atoms with Crippen LogP contribution in [0, 0.1) is 0 Å². The second-order valence-electron chi connectivity index (χ2n) is 3.14. The molecule has 0 aliphatic rings. The van der Waals surface area contributed by atoms with Gasteiger partial charge in [-0.15, -0.1) is 11.3 Å². The Morgan fingerprint density at radius 2 is 2.36 bits per heavy atom. The normalized spacial score (nSPS) is 10.2. The highest BCUT2D eigenvalue weighted by Crippen LogP contribution is 2.18. The van der Waals surface area contributed by atoms with Gasteiger partial charge in [0.25, 0.3) is 5.91 Å². The fourth-order valence-electron chi connectivity index (χ4n) is 1.27. The highest BCUT2D eigenvalue weighted by molar-refractivity contribution is 7.12. The van der Waals surface area contributed by atoms with Crippen LogP contribution in [-0.2, 0) is 6.42 Å². The van der Waals surface area contributed by atoms with Crippen molar-refractivity contribution in [1.29, 1.82) is 0 Å². The Hall–Kier alpha value is -0.870. The Bertz CT molecular complexity index is 309. The molecule has 1 heterocycles. The molecule has 3 nitrogen and oxygen atoms in total. The SMILES string of the molecule is CCc1ccsc1C(=O)N(C)CCN. The molecule has 0 fully saturated rings. The minimum atomic E-state index is 0.0855. The maximum atomic E-state index is 11.9. The number of hydrogen-bond donors (Lipinski definition) is 1. The molecule has 1 rings (SSSR count). The summed E-state index contributed by atoms with van der Waals surface area (Å²) in [5.74, 6) is 0.0855. The van der Waals surface area contributed by atoms with Gasteiger partial charge in [-0.2, -0.15) is 0 Å². The van der Waals surface area contributed by atoms with E-state index in [4.69, 9.17) is 5.73 Å². The minimum Gasteiger partial charge on any atom is -0.340 e. The van der Waals surface area contributed by atoms with Crippen LogP contribution in [0.4, 0.5) is 0 Å². The molecule has 1 aromatic rings. The van der Waals surface area contributed by atoms with E-state index in [1.165, 1.54) is 11.3 Å². The van der Waals surface area contributed by atoms with Crippen LogP contribution in [-0.4, -0.2) is 30.9 Å². The number of amides is 1. The van der Waals surface area contributed by atoms with E-state index in [1.54, 1.807) is 11.9 Å². The third kappa shape index (κ3) is 2.33. The van der Waals surface area contributed by atoms with Gasteiger partial charge in [0.15, 0.2) is 0 Å². The summed E-state index contributed by atoms with van der Waals surface area (Å²) in [4.78, 5) is 14.4. The van der Waals surface area contributed by atoms with E-state index in [2.05, 4.69) is 6.92 Å². The van der Waals surface area contributed by atoms with Gasteiger partial charge < -0.3 is 10.6 Å². The van der Waals surface area contributed by atoms with Crippen LogP contribution in [0.2, 0.25) is 0 Å². The van der Waals surface area contributed by atoms with Crippen LogP contribution in [0.5, 0.6) is 0 Å². The first kappa shape index (κ1) is 11.2. The Balaban J connectivity index is 2.78. The van der Waals surface area contributed by atoms with Gasteiger partial charge in [-0.25, -0.2) is 0 Å². The summed E-state index contributed by atoms with van der Waals surface area (Å²) in [5.41, 5.74) is 6.53. The van der Waals surface area contributed by atoms with Gasteiger partial charge in [-0.05, 0) is 23.4 Å². The molecule has 0 spiro atoms. The molecular formula is C10H16N2OS. The van der Waals surface area contributed by atoms with Crippen molar-refractivity contribution in [2.75, 3.05) is 20.1 Å². The van der Waals surface area contributed by atoms with Gasteiger partial charge in [0.2, 0.25) is 0 Å². The first-order valence-electron chi connectivity index (χ1n) is 4.72. The topological polar surface area (TPSA) is 46.3 Å². The molecule has 0 bridgehead atoms. The van der Waals surface area contributed by atoms with Crippen molar-refractivity contribution >= 4 is 17.2 Å². The van der Waals surface area contributed by atoms with E-state index in [0.717, 1.165) is 16.9 Å². The largest absolute Gasteiger partial charge is 0.340 e. The zero-order valence-corrected chi connectivity index (χ0v) is 9.43. The zero-order valence-electron chi connectivity index (χ0n) is 8.62. The van der Waals surface area contributed by atoms with Gasteiger partial charge in [0.05, 0.1) is 4.88 Å². The standard InChI is InChI=1S/C10H16N2OS/c1-3-8-4-7-14-9(8)10(13)12(2)6-5-11/h4,7H,3,5-6,11H2,1-2H3. The molecule has 0 radical (unpaired) electrons. The summed E-state index contributed by atoms with van der Waals surface area (Å²) in [5, 5.41) is 1.96. The third-order valence-electron chi connectivity index (χ3n) is 2.13. The van der Waals surface area contributed by atoms with Crippen LogP contribution in [0.25, 0.3) is 0 Å². The summed E-state index contributed by atoms with van der Waals surface area (Å²) >= 11 is 1.50. The van der Waals surface area contributed by atoms with Crippen LogP contribution < -0.4 is 5.73 Å². The minimum absolute atomic E-state index is 0.0855. The maximum absolute atomic E-state index is 11.9. The van der Waals surface area contributed by atoms with Crippen molar-refractivity contribution in [2.24, 2.45) is 5.73 Å². The number of hydrogen-bond acceptors (Lipinski definition) is 3. The lowest BCUT2D eigenvalue weighted by atomic mass is 10.2. The predicted molar refractivity (Wildman–Crippen MR) is 59.7 cm³/mol. The summed E-state index contributed by atoms with van der Waals surface area (Å²) in [6.45, 7) is 3.18. The molecule has 0 atom stereocenters. The molecule has 0 aliphatic carbocycles. The van der Waals surface area contributed by atoms with Crippen molar-refractivity contribution in [3.63, 3.8) is 0 Å². The maximum Gasteiger partial charge on any atom is 0.263 e. The van der Waals surface area contributed by atoms with Crippen LogP contribution in [0.3, 0.4) is 0 Å². The average Bonchev–Trinajstić information content (AvgIpc) is 2.64. The highest BCUT2D eigenvalue weighted by Gasteiger charge is 2.15. The lowest BCUT2D eigenvalue weighted by Gasteiger charge is -2.15. The number of rotatable bonds is 4. The molecule has 4 heteroatoms. The van der Waals surface area contributed by atoms with Crippen molar-refractivity contribution in [3.8, 4) is 0 Å².